The second-order valence-corrected chi connectivity index (χ2v) is 9.27. The number of nitrogens with zero attached hydrogens (tertiary/aromatic N) is 2. The lowest BCUT2D eigenvalue weighted by Crippen LogP contribution is -2.37. The predicted molar refractivity (Wildman–Crippen MR) is 129 cm³/mol. The summed E-state index contributed by atoms with van der Waals surface area (Å²) in [6.07, 6.45) is 9.94. The van der Waals surface area contributed by atoms with Gasteiger partial charge >= 0.3 is 5.97 Å². The summed E-state index contributed by atoms with van der Waals surface area (Å²) in [5.41, 5.74) is 0.295. The molecule has 0 spiro atoms. The van der Waals surface area contributed by atoms with Crippen LogP contribution in [0.2, 0.25) is 5.02 Å². The predicted octanol–water partition coefficient (Wildman–Crippen LogP) is 3.51. The van der Waals surface area contributed by atoms with Crippen LogP contribution in [0.3, 0.4) is 0 Å². The van der Waals surface area contributed by atoms with Gasteiger partial charge in [0, 0.05) is 32.0 Å². The van der Waals surface area contributed by atoms with E-state index in [9.17, 15) is 19.8 Å². The Bertz CT molecular complexity index is 1060. The van der Waals surface area contributed by atoms with E-state index >= 15 is 0 Å². The summed E-state index contributed by atoms with van der Waals surface area (Å²) in [6.45, 7) is 2.92. The molecule has 4 rings (SSSR count). The minimum Gasteiger partial charge on any atom is -0.507 e. The molecule has 2 N–H and O–H groups in total. The summed E-state index contributed by atoms with van der Waals surface area (Å²) < 4.78 is 11.1. The van der Waals surface area contributed by atoms with Crippen molar-refractivity contribution in [2.75, 3.05) is 19.7 Å². The molecular formula is C25H29ClN2O7. The lowest BCUT2D eigenvalue weighted by atomic mass is 9.99. The molecule has 3 aliphatic heterocycles. The zero-order valence-corrected chi connectivity index (χ0v) is 20.2. The van der Waals surface area contributed by atoms with Gasteiger partial charge in [-0.15, -0.1) is 0 Å². The number of piperidine rings is 1. The second kappa shape index (κ2) is 11.1. The average molecular weight is 505 g/mol. The van der Waals surface area contributed by atoms with Crippen molar-refractivity contribution >= 4 is 29.2 Å². The highest BCUT2D eigenvalue weighted by atomic mass is 35.5. The van der Waals surface area contributed by atoms with E-state index in [1.165, 1.54) is 0 Å². The Balaban J connectivity index is 1.61. The first-order chi connectivity index (χ1) is 16.8. The quantitative estimate of drug-likeness (QED) is 0.367. The maximum atomic E-state index is 13.0. The van der Waals surface area contributed by atoms with Crippen molar-refractivity contribution in [1.82, 2.24) is 4.90 Å². The number of halogens is 1. The largest absolute Gasteiger partial charge is 0.507 e. The fourth-order valence-corrected chi connectivity index (χ4v) is 4.47. The van der Waals surface area contributed by atoms with Crippen molar-refractivity contribution in [3.63, 3.8) is 0 Å². The van der Waals surface area contributed by atoms with Crippen LogP contribution in [0, 0.1) is 0 Å². The first kappa shape index (κ1) is 25.1. The van der Waals surface area contributed by atoms with Gasteiger partial charge in [-0.2, -0.15) is 0 Å². The number of cyclic esters (lactones) is 1. The molecule has 2 fully saturated rings. The van der Waals surface area contributed by atoms with Gasteiger partial charge in [-0.1, -0.05) is 35.0 Å². The number of fused-ring (bicyclic) bond motifs is 2. The Kier molecular flexibility index (Phi) is 7.97. The molecular weight excluding hydrogens is 476 g/mol. The van der Waals surface area contributed by atoms with Crippen molar-refractivity contribution in [3.8, 4) is 11.5 Å². The van der Waals surface area contributed by atoms with Crippen LogP contribution in [0.25, 0.3) is 0 Å². The molecule has 35 heavy (non-hydrogen) atoms. The van der Waals surface area contributed by atoms with Crippen LogP contribution in [0.15, 0.2) is 35.5 Å². The molecule has 0 radical (unpaired) electrons. The number of likely N-dealkylation sites (tertiary alicyclic amines) is 1. The molecule has 0 saturated carbocycles. The van der Waals surface area contributed by atoms with Crippen molar-refractivity contribution < 1.29 is 34.1 Å². The molecule has 188 valence electrons. The van der Waals surface area contributed by atoms with Gasteiger partial charge in [0.25, 0.3) is 5.91 Å². The number of ether oxygens (including phenoxy) is 2. The molecule has 0 aromatic heterocycles. The van der Waals surface area contributed by atoms with E-state index in [-0.39, 0.29) is 53.0 Å². The highest BCUT2D eigenvalue weighted by molar-refractivity contribution is 6.33. The number of esters is 1. The number of amides is 1. The zero-order valence-electron chi connectivity index (χ0n) is 19.5. The summed E-state index contributed by atoms with van der Waals surface area (Å²) in [6, 6.07) is 0.999. The summed E-state index contributed by atoms with van der Waals surface area (Å²) >= 11 is 6.33. The number of carbonyl (C=O) groups excluding carboxylic acids is 2. The van der Waals surface area contributed by atoms with E-state index in [2.05, 4.69) is 5.16 Å². The minimum absolute atomic E-state index is 0.0651. The summed E-state index contributed by atoms with van der Waals surface area (Å²) in [7, 11) is 0. The number of phenols is 2. The number of aromatic hydroxyl groups is 2. The molecule has 0 bridgehead atoms. The third-order valence-electron chi connectivity index (χ3n) is 6.16. The van der Waals surface area contributed by atoms with Gasteiger partial charge in [-0.3, -0.25) is 4.79 Å². The van der Waals surface area contributed by atoms with Gasteiger partial charge in [0.05, 0.1) is 16.8 Å². The first-order valence-electron chi connectivity index (χ1n) is 11.7. The lowest BCUT2D eigenvalue weighted by Gasteiger charge is -2.26. The Morgan fingerprint density at radius 2 is 2.00 bits per heavy atom. The molecule has 3 atom stereocenters. The van der Waals surface area contributed by atoms with Gasteiger partial charge in [-0.05, 0) is 37.8 Å². The van der Waals surface area contributed by atoms with E-state index in [1.807, 2.05) is 12.2 Å². The number of oxime groups is 1. The van der Waals surface area contributed by atoms with E-state index in [4.69, 9.17) is 25.9 Å². The molecule has 2 saturated heterocycles. The lowest BCUT2D eigenvalue weighted by molar-refractivity contribution is -0.137. The van der Waals surface area contributed by atoms with Crippen molar-refractivity contribution in [2.24, 2.45) is 5.16 Å². The number of hydrogen-bond acceptors (Lipinski definition) is 8. The number of carbonyl (C=O) groups is 2. The van der Waals surface area contributed by atoms with E-state index < -0.39 is 17.8 Å². The van der Waals surface area contributed by atoms with Crippen LogP contribution >= 0.6 is 11.6 Å². The summed E-state index contributed by atoms with van der Waals surface area (Å²) in [5, 5.41) is 24.6. The van der Waals surface area contributed by atoms with Gasteiger partial charge in [0.1, 0.15) is 29.3 Å². The number of hydrogen-bond donors (Lipinski definition) is 2. The third kappa shape index (κ3) is 6.35. The number of epoxide rings is 1. The SMILES string of the molecule is C[C@@H]1C[C@H]2O[C@@H]2\C=C/C=C/C(=N\OCC(=O)N2CCCCC2)Cc2c(Cl)c(O)cc(O)c2C(=O)O1. The fraction of sp³-hybridized carbons (Fsp3) is 0.480. The molecule has 9 nitrogen and oxygen atoms in total. The maximum Gasteiger partial charge on any atom is 0.342 e. The first-order valence-corrected chi connectivity index (χ1v) is 12.1. The van der Waals surface area contributed by atoms with Crippen LogP contribution in [0.4, 0.5) is 0 Å². The van der Waals surface area contributed by atoms with Crippen molar-refractivity contribution in [3.05, 3.63) is 46.5 Å². The molecule has 10 heteroatoms. The average Bonchev–Trinajstić information content (AvgIpc) is 3.56. The van der Waals surface area contributed by atoms with E-state index in [1.54, 1.807) is 24.0 Å². The highest BCUT2D eigenvalue weighted by Crippen LogP contribution is 2.38. The number of benzene rings is 1. The third-order valence-corrected chi connectivity index (χ3v) is 6.58. The minimum atomic E-state index is -0.777. The zero-order chi connectivity index (χ0) is 24.9. The van der Waals surface area contributed by atoms with E-state index in [0.717, 1.165) is 25.3 Å². The van der Waals surface area contributed by atoms with Gasteiger partial charge in [-0.25, -0.2) is 4.79 Å². The Morgan fingerprint density at radius 3 is 2.77 bits per heavy atom. The second-order valence-electron chi connectivity index (χ2n) is 8.89. The van der Waals surface area contributed by atoms with Crippen LogP contribution < -0.4 is 0 Å². The number of phenolic OH excluding ortho intramolecular Hbond substituents is 2. The number of rotatable bonds is 3. The molecule has 0 unspecified atom stereocenters. The Labute approximate surface area is 208 Å². The summed E-state index contributed by atoms with van der Waals surface area (Å²) in [4.78, 5) is 32.5. The molecule has 0 aliphatic carbocycles. The van der Waals surface area contributed by atoms with Crippen LogP contribution in [0.1, 0.15) is 48.5 Å². The number of allylic oxidation sites excluding steroid dienone is 3. The van der Waals surface area contributed by atoms with Crippen LogP contribution in [-0.4, -0.2) is 70.7 Å². The fourth-order valence-electron chi connectivity index (χ4n) is 4.26. The maximum absolute atomic E-state index is 13.0. The molecule has 1 amide bonds. The molecule has 1 aromatic carbocycles. The smallest absolute Gasteiger partial charge is 0.342 e. The van der Waals surface area contributed by atoms with Gasteiger partial charge in [0.15, 0.2) is 6.61 Å². The van der Waals surface area contributed by atoms with Crippen LogP contribution in [-0.2, 0) is 25.5 Å². The molecule has 3 heterocycles. The van der Waals surface area contributed by atoms with Gasteiger partial charge in [0.2, 0.25) is 0 Å². The topological polar surface area (TPSA) is 121 Å². The molecule has 3 aliphatic rings. The Hall–Kier alpha value is -3.04. The normalized spacial score (nSPS) is 27.7. The highest BCUT2D eigenvalue weighted by Gasteiger charge is 2.38. The van der Waals surface area contributed by atoms with E-state index in [0.29, 0.717) is 25.2 Å². The summed E-state index contributed by atoms with van der Waals surface area (Å²) in [5.74, 6) is -1.78. The van der Waals surface area contributed by atoms with Crippen LogP contribution in [0.5, 0.6) is 11.5 Å². The van der Waals surface area contributed by atoms with Gasteiger partial charge < -0.3 is 29.4 Å². The monoisotopic (exact) mass is 504 g/mol. The standard InChI is InChI=1S/C25H29ClN2O7/c1-15-11-21-20(35-21)8-4-3-7-16(27-33-14-22(31)28-9-5-2-6-10-28)12-17-23(25(32)34-15)18(29)13-19(30)24(17)26/h3-4,7-8,13,15,20-21,29-30H,2,5-6,9-12,14H2,1H3/b7-3+,8-4-,27-16+/t15-,20-,21-/m1/s1. The molecule has 1 aromatic rings. The van der Waals surface area contributed by atoms with Crippen molar-refractivity contribution in [2.45, 2.75) is 57.3 Å². The Morgan fingerprint density at radius 1 is 1.23 bits per heavy atom. The van der Waals surface area contributed by atoms with Crippen molar-refractivity contribution in [1.29, 1.82) is 0 Å².